The van der Waals surface area contributed by atoms with Crippen LogP contribution in [0.1, 0.15) is 47.5 Å². The van der Waals surface area contributed by atoms with Crippen molar-refractivity contribution < 1.29 is 23.4 Å². The summed E-state index contributed by atoms with van der Waals surface area (Å²) in [4.78, 5) is 11.0. The summed E-state index contributed by atoms with van der Waals surface area (Å²) in [7, 11) is 0. The SMILES string of the molecule is O=C(O)c1cc(C2CC2)c(OCC2(F)CCNCC2)cc1F. The summed E-state index contributed by atoms with van der Waals surface area (Å²) in [5.74, 6) is -1.67. The molecule has 2 N–H and O–H groups in total. The minimum atomic E-state index is -1.41. The van der Waals surface area contributed by atoms with E-state index in [1.807, 2.05) is 0 Å². The number of rotatable bonds is 5. The van der Waals surface area contributed by atoms with Gasteiger partial charge in [0.15, 0.2) is 0 Å². The Morgan fingerprint density at radius 1 is 1.36 bits per heavy atom. The Morgan fingerprint density at radius 3 is 2.64 bits per heavy atom. The Balaban J connectivity index is 1.80. The zero-order valence-corrected chi connectivity index (χ0v) is 12.2. The van der Waals surface area contributed by atoms with E-state index in [1.165, 1.54) is 6.07 Å². The van der Waals surface area contributed by atoms with Gasteiger partial charge in [-0.3, -0.25) is 0 Å². The van der Waals surface area contributed by atoms with Gasteiger partial charge in [-0.05, 0) is 56.3 Å². The van der Waals surface area contributed by atoms with Gasteiger partial charge in [0.2, 0.25) is 0 Å². The fourth-order valence-electron chi connectivity index (χ4n) is 2.80. The predicted octanol–water partition coefficient (Wildman–Crippen LogP) is 2.87. The number of aromatic carboxylic acids is 1. The normalized spacial score (nSPS) is 20.6. The van der Waals surface area contributed by atoms with E-state index in [-0.39, 0.29) is 23.8 Å². The molecule has 1 saturated carbocycles. The van der Waals surface area contributed by atoms with Crippen molar-refractivity contribution in [3.63, 3.8) is 0 Å². The summed E-state index contributed by atoms with van der Waals surface area (Å²) in [5.41, 5.74) is -1.09. The fraction of sp³-hybridized carbons (Fsp3) is 0.562. The van der Waals surface area contributed by atoms with Crippen LogP contribution in [0.2, 0.25) is 0 Å². The monoisotopic (exact) mass is 311 g/mol. The van der Waals surface area contributed by atoms with Crippen molar-refractivity contribution in [3.05, 3.63) is 29.1 Å². The standard InChI is InChI=1S/C16H19F2NO3/c17-13-8-14(22-9-16(18)3-5-19-6-4-16)11(10-1-2-10)7-12(13)15(20)21/h7-8,10,19H,1-6,9H2,(H,20,21). The number of halogens is 2. The molecule has 1 aliphatic heterocycles. The zero-order chi connectivity index (χ0) is 15.7. The molecule has 1 saturated heterocycles. The van der Waals surface area contributed by atoms with E-state index in [1.54, 1.807) is 0 Å². The molecule has 0 amide bonds. The summed E-state index contributed by atoms with van der Waals surface area (Å²) in [6.07, 6.45) is 2.57. The van der Waals surface area contributed by atoms with Crippen molar-refractivity contribution in [1.29, 1.82) is 0 Å². The molecule has 3 rings (SSSR count). The average Bonchev–Trinajstić information content (AvgIpc) is 3.30. The predicted molar refractivity (Wildman–Crippen MR) is 76.8 cm³/mol. The minimum Gasteiger partial charge on any atom is -0.490 e. The minimum absolute atomic E-state index is 0.125. The maximum atomic E-state index is 14.6. The van der Waals surface area contributed by atoms with E-state index in [4.69, 9.17) is 9.84 Å². The smallest absolute Gasteiger partial charge is 0.338 e. The number of ether oxygens (including phenoxy) is 1. The fourth-order valence-corrected chi connectivity index (χ4v) is 2.80. The first-order valence-corrected chi connectivity index (χ1v) is 7.58. The van der Waals surface area contributed by atoms with Crippen molar-refractivity contribution in [3.8, 4) is 5.75 Å². The largest absolute Gasteiger partial charge is 0.490 e. The molecule has 2 aliphatic rings. The Bertz CT molecular complexity index is 581. The molecule has 0 radical (unpaired) electrons. The first-order valence-electron chi connectivity index (χ1n) is 7.58. The van der Waals surface area contributed by atoms with Crippen molar-refractivity contribution >= 4 is 5.97 Å². The lowest BCUT2D eigenvalue weighted by Gasteiger charge is -2.30. The van der Waals surface area contributed by atoms with E-state index in [0.717, 1.165) is 18.9 Å². The van der Waals surface area contributed by atoms with E-state index < -0.39 is 17.5 Å². The number of carbonyl (C=O) groups is 1. The van der Waals surface area contributed by atoms with Crippen LogP contribution in [0.25, 0.3) is 0 Å². The molecule has 0 spiro atoms. The average molecular weight is 311 g/mol. The number of hydrogen-bond donors (Lipinski definition) is 2. The number of carboxylic acid groups (broad SMARTS) is 1. The lowest BCUT2D eigenvalue weighted by molar-refractivity contribution is 0.0532. The zero-order valence-electron chi connectivity index (χ0n) is 12.2. The topological polar surface area (TPSA) is 58.6 Å². The second kappa shape index (κ2) is 5.83. The number of alkyl halides is 1. The molecule has 120 valence electrons. The molecule has 0 bridgehead atoms. The van der Waals surface area contributed by atoms with Crippen molar-refractivity contribution in [2.45, 2.75) is 37.3 Å². The molecule has 1 aromatic rings. The summed E-state index contributed by atoms with van der Waals surface area (Å²) in [6.45, 7) is 1.07. The van der Waals surface area contributed by atoms with E-state index >= 15 is 0 Å². The van der Waals surface area contributed by atoms with Crippen LogP contribution in [0, 0.1) is 5.82 Å². The second-order valence-electron chi connectivity index (χ2n) is 6.14. The van der Waals surface area contributed by atoms with Gasteiger partial charge in [-0.1, -0.05) is 0 Å². The summed E-state index contributed by atoms with van der Waals surface area (Å²) in [6, 6.07) is 2.42. The number of piperidine rings is 1. The molecule has 1 aromatic carbocycles. The van der Waals surface area contributed by atoms with Gasteiger partial charge in [0.25, 0.3) is 0 Å². The van der Waals surface area contributed by atoms with Gasteiger partial charge in [-0.15, -0.1) is 0 Å². The Hall–Kier alpha value is -1.69. The van der Waals surface area contributed by atoms with Gasteiger partial charge >= 0.3 is 5.97 Å². The third-order valence-corrected chi connectivity index (χ3v) is 4.33. The van der Waals surface area contributed by atoms with Crippen molar-refractivity contribution in [2.24, 2.45) is 0 Å². The Kier molecular flexibility index (Phi) is 4.04. The molecular formula is C16H19F2NO3. The van der Waals surface area contributed by atoms with Crippen LogP contribution in [0.15, 0.2) is 12.1 Å². The first kappa shape index (κ1) is 15.2. The van der Waals surface area contributed by atoms with Crippen molar-refractivity contribution in [1.82, 2.24) is 5.32 Å². The van der Waals surface area contributed by atoms with Crippen LogP contribution in [0.4, 0.5) is 8.78 Å². The van der Waals surface area contributed by atoms with E-state index in [2.05, 4.69) is 5.32 Å². The van der Waals surface area contributed by atoms with Gasteiger partial charge in [0.05, 0.1) is 5.56 Å². The van der Waals surface area contributed by atoms with Crippen LogP contribution < -0.4 is 10.1 Å². The highest BCUT2D eigenvalue weighted by molar-refractivity contribution is 5.88. The van der Waals surface area contributed by atoms with Crippen LogP contribution in [0.5, 0.6) is 5.75 Å². The first-order chi connectivity index (χ1) is 10.5. The number of nitrogens with one attached hydrogen (secondary N) is 1. The van der Waals surface area contributed by atoms with Crippen LogP contribution in [-0.2, 0) is 0 Å². The van der Waals surface area contributed by atoms with E-state index in [9.17, 15) is 13.6 Å². The van der Waals surface area contributed by atoms with Crippen LogP contribution in [-0.4, -0.2) is 36.4 Å². The third kappa shape index (κ3) is 3.21. The maximum absolute atomic E-state index is 14.6. The molecular weight excluding hydrogens is 292 g/mol. The maximum Gasteiger partial charge on any atom is 0.338 e. The van der Waals surface area contributed by atoms with Crippen LogP contribution in [0.3, 0.4) is 0 Å². The van der Waals surface area contributed by atoms with Crippen LogP contribution >= 0.6 is 0 Å². The summed E-state index contributed by atoms with van der Waals surface area (Å²) in [5, 5.41) is 12.1. The molecule has 1 heterocycles. The molecule has 4 nitrogen and oxygen atoms in total. The second-order valence-corrected chi connectivity index (χ2v) is 6.14. The highest BCUT2D eigenvalue weighted by atomic mass is 19.1. The number of carboxylic acids is 1. The molecule has 6 heteroatoms. The Morgan fingerprint density at radius 2 is 2.05 bits per heavy atom. The number of hydrogen-bond acceptors (Lipinski definition) is 3. The summed E-state index contributed by atoms with van der Waals surface area (Å²) < 4.78 is 34.0. The highest BCUT2D eigenvalue weighted by Gasteiger charge is 2.34. The van der Waals surface area contributed by atoms with Gasteiger partial charge in [-0.25, -0.2) is 13.6 Å². The molecule has 0 atom stereocenters. The number of benzene rings is 1. The van der Waals surface area contributed by atoms with Gasteiger partial charge < -0.3 is 15.2 Å². The third-order valence-electron chi connectivity index (χ3n) is 4.33. The molecule has 1 aliphatic carbocycles. The molecule has 22 heavy (non-hydrogen) atoms. The van der Waals surface area contributed by atoms with E-state index in [0.29, 0.717) is 31.5 Å². The molecule has 2 fully saturated rings. The highest BCUT2D eigenvalue weighted by Crippen LogP contribution is 2.45. The van der Waals surface area contributed by atoms with Crippen molar-refractivity contribution in [2.75, 3.05) is 19.7 Å². The lowest BCUT2D eigenvalue weighted by Crippen LogP contribution is -2.42. The van der Waals surface area contributed by atoms with Gasteiger partial charge in [0, 0.05) is 6.07 Å². The van der Waals surface area contributed by atoms with Gasteiger partial charge in [0.1, 0.15) is 23.8 Å². The Labute approximate surface area is 127 Å². The lowest BCUT2D eigenvalue weighted by atomic mass is 9.95. The molecule has 0 aromatic heterocycles. The quantitative estimate of drug-likeness (QED) is 0.878. The summed E-state index contributed by atoms with van der Waals surface area (Å²) >= 11 is 0. The molecule has 0 unspecified atom stereocenters. The van der Waals surface area contributed by atoms with Gasteiger partial charge in [-0.2, -0.15) is 0 Å².